The fraction of sp³-hybridized carbons (Fsp3) is 0.542. The van der Waals surface area contributed by atoms with Crippen LogP contribution in [0.3, 0.4) is 0 Å². The summed E-state index contributed by atoms with van der Waals surface area (Å²) in [6.45, 7) is -0.0150. The summed E-state index contributed by atoms with van der Waals surface area (Å²) in [4.78, 5) is 24.4. The average molecular weight is 410 g/mol. The second-order valence-electron chi connectivity index (χ2n) is 8.24. The molecule has 3 rings (SSSR count). The van der Waals surface area contributed by atoms with Gasteiger partial charge in [-0.15, -0.1) is 0 Å². The molecule has 0 atom stereocenters. The van der Waals surface area contributed by atoms with Gasteiger partial charge in [0.15, 0.2) is 6.61 Å². The number of nitrogens with zero attached hydrogens (tertiary/aromatic N) is 1. The second-order valence-corrected chi connectivity index (χ2v) is 8.24. The van der Waals surface area contributed by atoms with Gasteiger partial charge in [-0.05, 0) is 49.5 Å². The third-order valence-electron chi connectivity index (χ3n) is 5.84. The number of ether oxygens (including phenoxy) is 1. The van der Waals surface area contributed by atoms with Crippen LogP contribution in [0.25, 0.3) is 6.08 Å². The van der Waals surface area contributed by atoms with E-state index >= 15 is 0 Å². The van der Waals surface area contributed by atoms with Crippen LogP contribution in [0.1, 0.15) is 69.8 Å². The summed E-state index contributed by atoms with van der Waals surface area (Å²) in [5.41, 5.74) is 0.838. The molecule has 2 fully saturated rings. The van der Waals surface area contributed by atoms with E-state index in [9.17, 15) is 14.9 Å². The third-order valence-corrected chi connectivity index (χ3v) is 5.84. The lowest BCUT2D eigenvalue weighted by Gasteiger charge is -2.22. The van der Waals surface area contributed by atoms with Crippen molar-refractivity contribution >= 4 is 17.9 Å². The van der Waals surface area contributed by atoms with Crippen LogP contribution in [0.15, 0.2) is 29.8 Å². The van der Waals surface area contributed by atoms with E-state index in [4.69, 9.17) is 4.74 Å². The van der Waals surface area contributed by atoms with E-state index in [0.717, 1.165) is 44.1 Å². The molecular weight excluding hydrogens is 378 g/mol. The highest BCUT2D eigenvalue weighted by Crippen LogP contribution is 2.19. The van der Waals surface area contributed by atoms with Crippen LogP contribution in [0.5, 0.6) is 5.75 Å². The van der Waals surface area contributed by atoms with Gasteiger partial charge in [0.25, 0.3) is 11.8 Å². The van der Waals surface area contributed by atoms with E-state index in [1.807, 2.05) is 6.07 Å². The van der Waals surface area contributed by atoms with Crippen LogP contribution in [-0.2, 0) is 9.59 Å². The molecule has 1 aromatic rings. The summed E-state index contributed by atoms with van der Waals surface area (Å²) in [7, 11) is 0. The van der Waals surface area contributed by atoms with Crippen LogP contribution in [0, 0.1) is 11.3 Å². The highest BCUT2D eigenvalue weighted by Gasteiger charge is 2.18. The minimum absolute atomic E-state index is 0.0150. The van der Waals surface area contributed by atoms with Crippen LogP contribution in [-0.4, -0.2) is 30.5 Å². The lowest BCUT2D eigenvalue weighted by molar-refractivity contribution is -0.124. The Balaban J connectivity index is 1.49. The predicted octanol–water partition coefficient (Wildman–Crippen LogP) is 3.87. The summed E-state index contributed by atoms with van der Waals surface area (Å²) < 4.78 is 5.57. The minimum Gasteiger partial charge on any atom is -0.484 e. The molecule has 2 amide bonds. The molecule has 0 saturated heterocycles. The van der Waals surface area contributed by atoms with Crippen molar-refractivity contribution in [2.75, 3.05) is 6.61 Å². The molecule has 2 aliphatic carbocycles. The zero-order valence-corrected chi connectivity index (χ0v) is 17.5. The molecule has 0 unspecified atom stereocenters. The summed E-state index contributed by atoms with van der Waals surface area (Å²) in [5, 5.41) is 15.4. The molecule has 0 heterocycles. The van der Waals surface area contributed by atoms with E-state index in [1.165, 1.54) is 25.7 Å². The summed E-state index contributed by atoms with van der Waals surface area (Å²) >= 11 is 0. The first-order valence-corrected chi connectivity index (χ1v) is 11.1. The average Bonchev–Trinajstić information content (AvgIpc) is 2.78. The molecule has 0 bridgehead atoms. The van der Waals surface area contributed by atoms with Gasteiger partial charge in [-0.3, -0.25) is 9.59 Å². The second kappa shape index (κ2) is 11.4. The van der Waals surface area contributed by atoms with E-state index in [2.05, 4.69) is 10.6 Å². The molecular formula is C24H31N3O3. The highest BCUT2D eigenvalue weighted by molar-refractivity contribution is 6.01. The number of hydrogen-bond acceptors (Lipinski definition) is 4. The number of carbonyl (C=O) groups excluding carboxylic acids is 2. The van der Waals surface area contributed by atoms with Crippen LogP contribution in [0.2, 0.25) is 0 Å². The molecule has 0 aliphatic heterocycles. The summed E-state index contributed by atoms with van der Waals surface area (Å²) in [5.74, 6) is 0.164. The van der Waals surface area contributed by atoms with Gasteiger partial charge in [0, 0.05) is 12.1 Å². The Hall–Kier alpha value is -2.81. The van der Waals surface area contributed by atoms with E-state index in [0.29, 0.717) is 5.75 Å². The van der Waals surface area contributed by atoms with E-state index in [1.54, 1.807) is 30.3 Å². The van der Waals surface area contributed by atoms with Gasteiger partial charge < -0.3 is 15.4 Å². The van der Waals surface area contributed by atoms with Gasteiger partial charge in [0.2, 0.25) is 0 Å². The predicted molar refractivity (Wildman–Crippen MR) is 116 cm³/mol. The number of amides is 2. The molecule has 0 aromatic heterocycles. The molecule has 6 nitrogen and oxygen atoms in total. The minimum atomic E-state index is -0.316. The lowest BCUT2D eigenvalue weighted by Crippen LogP contribution is -2.38. The Morgan fingerprint density at radius 3 is 2.07 bits per heavy atom. The SMILES string of the molecule is N#C/C(=C\c1ccc(OCC(=O)NC2CCCCC2)cc1)C(=O)NC1CCCCC1. The molecule has 2 aliphatic rings. The maximum atomic E-state index is 12.4. The van der Waals surface area contributed by atoms with Crippen LogP contribution < -0.4 is 15.4 Å². The molecule has 30 heavy (non-hydrogen) atoms. The zero-order chi connectivity index (χ0) is 21.2. The van der Waals surface area contributed by atoms with Gasteiger partial charge in [0.05, 0.1) is 0 Å². The van der Waals surface area contributed by atoms with Crippen molar-refractivity contribution < 1.29 is 14.3 Å². The van der Waals surface area contributed by atoms with Gasteiger partial charge in [-0.25, -0.2) is 0 Å². The Morgan fingerprint density at radius 2 is 1.50 bits per heavy atom. The Morgan fingerprint density at radius 1 is 0.933 bits per heavy atom. The largest absolute Gasteiger partial charge is 0.484 e. The quantitative estimate of drug-likeness (QED) is 0.528. The van der Waals surface area contributed by atoms with Crippen molar-refractivity contribution in [1.82, 2.24) is 10.6 Å². The number of benzene rings is 1. The fourth-order valence-electron chi connectivity index (χ4n) is 4.15. The van der Waals surface area contributed by atoms with Crippen molar-refractivity contribution in [3.05, 3.63) is 35.4 Å². The first-order chi connectivity index (χ1) is 14.6. The van der Waals surface area contributed by atoms with E-state index in [-0.39, 0.29) is 36.1 Å². The van der Waals surface area contributed by atoms with Crippen molar-refractivity contribution in [3.63, 3.8) is 0 Å². The van der Waals surface area contributed by atoms with Gasteiger partial charge >= 0.3 is 0 Å². The molecule has 1 aromatic carbocycles. The fourth-order valence-corrected chi connectivity index (χ4v) is 4.15. The van der Waals surface area contributed by atoms with Crippen LogP contribution in [0.4, 0.5) is 0 Å². The molecule has 2 saturated carbocycles. The number of hydrogen-bond donors (Lipinski definition) is 2. The maximum Gasteiger partial charge on any atom is 0.262 e. The number of nitriles is 1. The first-order valence-electron chi connectivity index (χ1n) is 11.1. The lowest BCUT2D eigenvalue weighted by atomic mass is 9.95. The summed E-state index contributed by atoms with van der Waals surface area (Å²) in [6.07, 6.45) is 12.7. The first kappa shape index (κ1) is 21.9. The molecule has 0 radical (unpaired) electrons. The van der Waals surface area contributed by atoms with Gasteiger partial charge in [-0.1, -0.05) is 50.7 Å². The van der Waals surface area contributed by atoms with Gasteiger partial charge in [-0.2, -0.15) is 5.26 Å². The number of nitrogens with one attached hydrogen (secondary N) is 2. The third kappa shape index (κ3) is 6.91. The van der Waals surface area contributed by atoms with Crippen molar-refractivity contribution in [2.24, 2.45) is 0 Å². The Kier molecular flexibility index (Phi) is 8.31. The zero-order valence-electron chi connectivity index (χ0n) is 17.5. The Labute approximate surface area is 178 Å². The standard InChI is InChI=1S/C24H31N3O3/c25-16-19(24(29)27-21-9-5-2-6-10-21)15-18-11-13-22(14-12-18)30-17-23(28)26-20-7-3-1-4-8-20/h11-15,20-21H,1-10,17H2,(H,26,28)(H,27,29)/b19-15+. The van der Waals surface area contributed by atoms with E-state index < -0.39 is 0 Å². The molecule has 160 valence electrons. The smallest absolute Gasteiger partial charge is 0.262 e. The topological polar surface area (TPSA) is 91.2 Å². The number of rotatable bonds is 7. The van der Waals surface area contributed by atoms with Crippen molar-refractivity contribution in [3.8, 4) is 11.8 Å². The Bertz CT molecular complexity index is 783. The van der Waals surface area contributed by atoms with Crippen LogP contribution >= 0.6 is 0 Å². The molecule has 6 heteroatoms. The molecule has 0 spiro atoms. The maximum absolute atomic E-state index is 12.4. The van der Waals surface area contributed by atoms with Crippen molar-refractivity contribution in [1.29, 1.82) is 5.26 Å². The monoisotopic (exact) mass is 409 g/mol. The molecule has 2 N–H and O–H groups in total. The van der Waals surface area contributed by atoms with Gasteiger partial charge in [0.1, 0.15) is 17.4 Å². The highest BCUT2D eigenvalue weighted by atomic mass is 16.5. The summed E-state index contributed by atoms with van der Waals surface area (Å²) in [6, 6.07) is 9.48. The number of carbonyl (C=O) groups is 2. The van der Waals surface area contributed by atoms with Crippen molar-refractivity contribution in [2.45, 2.75) is 76.3 Å². The normalized spacial score (nSPS) is 18.3.